The first-order valence-electron chi connectivity index (χ1n) is 7.71. The molecule has 1 aromatic carbocycles. The van der Waals surface area contributed by atoms with Gasteiger partial charge in [-0.25, -0.2) is 4.98 Å². The van der Waals surface area contributed by atoms with Gasteiger partial charge in [-0.3, -0.25) is 9.78 Å². The van der Waals surface area contributed by atoms with Gasteiger partial charge in [0.25, 0.3) is 0 Å². The quantitative estimate of drug-likeness (QED) is 0.570. The summed E-state index contributed by atoms with van der Waals surface area (Å²) < 4.78 is 0. The number of nitrogens with zero attached hydrogens (tertiary/aromatic N) is 2. The third kappa shape index (κ3) is 2.29. The highest BCUT2D eigenvalue weighted by atomic mass is 16.1. The molecule has 0 bridgehead atoms. The lowest BCUT2D eigenvalue weighted by molar-refractivity contribution is 0.112. The van der Waals surface area contributed by atoms with E-state index in [0.29, 0.717) is 11.2 Å². The van der Waals surface area contributed by atoms with Gasteiger partial charge in [0, 0.05) is 40.7 Å². The molecule has 0 aliphatic rings. The minimum Gasteiger partial charge on any atom is -0.339 e. The SMILES string of the molecule is Cc1ccc(-c2[nH]c3ncccc3c2C=O)c(-c2cccnc2)c1. The third-order valence-electron chi connectivity index (χ3n) is 4.15. The van der Waals surface area contributed by atoms with Gasteiger partial charge in [-0.15, -0.1) is 0 Å². The van der Waals surface area contributed by atoms with Crippen LogP contribution in [0.5, 0.6) is 0 Å². The molecule has 1 N–H and O–H groups in total. The Balaban J connectivity index is 2.03. The molecule has 0 radical (unpaired) electrons. The van der Waals surface area contributed by atoms with E-state index in [0.717, 1.165) is 39.6 Å². The summed E-state index contributed by atoms with van der Waals surface area (Å²) in [5, 5.41) is 0.834. The van der Waals surface area contributed by atoms with Crippen molar-refractivity contribution in [1.82, 2.24) is 15.0 Å². The van der Waals surface area contributed by atoms with Crippen LogP contribution in [0.2, 0.25) is 0 Å². The molecule has 4 nitrogen and oxygen atoms in total. The number of aromatic amines is 1. The molecule has 0 spiro atoms. The summed E-state index contributed by atoms with van der Waals surface area (Å²) in [7, 11) is 0. The molecule has 0 atom stereocenters. The number of aryl methyl sites for hydroxylation is 1. The van der Waals surface area contributed by atoms with Gasteiger partial charge >= 0.3 is 0 Å². The van der Waals surface area contributed by atoms with Crippen LogP contribution in [-0.2, 0) is 0 Å². The highest BCUT2D eigenvalue weighted by molar-refractivity contribution is 6.04. The van der Waals surface area contributed by atoms with E-state index < -0.39 is 0 Å². The van der Waals surface area contributed by atoms with Crippen molar-refractivity contribution >= 4 is 17.3 Å². The zero-order valence-corrected chi connectivity index (χ0v) is 13.2. The Kier molecular flexibility index (Phi) is 3.43. The molecule has 116 valence electrons. The number of fused-ring (bicyclic) bond motifs is 1. The smallest absolute Gasteiger partial charge is 0.152 e. The third-order valence-corrected chi connectivity index (χ3v) is 4.15. The summed E-state index contributed by atoms with van der Waals surface area (Å²) in [6.45, 7) is 2.05. The Morgan fingerprint density at radius 3 is 2.71 bits per heavy atom. The Bertz CT molecular complexity index is 1040. The number of carbonyl (C=O) groups is 1. The van der Waals surface area contributed by atoms with Crippen molar-refractivity contribution in [3.05, 3.63) is 72.2 Å². The molecular weight excluding hydrogens is 298 g/mol. The summed E-state index contributed by atoms with van der Waals surface area (Å²) in [4.78, 5) is 23.6. The van der Waals surface area contributed by atoms with Gasteiger partial charge in [-0.1, -0.05) is 29.8 Å². The van der Waals surface area contributed by atoms with Crippen LogP contribution in [0.15, 0.2) is 61.1 Å². The van der Waals surface area contributed by atoms with Crippen LogP contribution < -0.4 is 0 Å². The number of hydrogen-bond donors (Lipinski definition) is 1. The molecular formula is C20H15N3O. The normalized spacial score (nSPS) is 10.9. The van der Waals surface area contributed by atoms with Crippen LogP contribution in [0.4, 0.5) is 0 Å². The fraction of sp³-hybridized carbons (Fsp3) is 0.0500. The van der Waals surface area contributed by atoms with Gasteiger partial charge in [0.2, 0.25) is 0 Å². The first-order chi connectivity index (χ1) is 11.8. The van der Waals surface area contributed by atoms with Crippen molar-refractivity contribution in [3.63, 3.8) is 0 Å². The lowest BCUT2D eigenvalue weighted by atomic mass is 9.95. The predicted molar refractivity (Wildman–Crippen MR) is 94.9 cm³/mol. The Morgan fingerprint density at radius 1 is 1.04 bits per heavy atom. The number of carbonyl (C=O) groups excluding carboxylic acids is 1. The zero-order valence-electron chi connectivity index (χ0n) is 13.2. The first kappa shape index (κ1) is 14.3. The van der Waals surface area contributed by atoms with Crippen molar-refractivity contribution in [2.45, 2.75) is 6.92 Å². The van der Waals surface area contributed by atoms with E-state index in [9.17, 15) is 4.79 Å². The van der Waals surface area contributed by atoms with Crippen molar-refractivity contribution < 1.29 is 4.79 Å². The molecule has 0 amide bonds. The summed E-state index contributed by atoms with van der Waals surface area (Å²) in [5.41, 5.74) is 6.31. The van der Waals surface area contributed by atoms with Crippen molar-refractivity contribution in [1.29, 1.82) is 0 Å². The number of H-pyrrole nitrogens is 1. The number of nitrogens with one attached hydrogen (secondary N) is 1. The largest absolute Gasteiger partial charge is 0.339 e. The van der Waals surface area contributed by atoms with E-state index >= 15 is 0 Å². The molecule has 0 aliphatic heterocycles. The number of hydrogen-bond acceptors (Lipinski definition) is 3. The molecule has 3 heterocycles. The van der Waals surface area contributed by atoms with Gasteiger partial charge in [0.15, 0.2) is 6.29 Å². The van der Waals surface area contributed by atoms with Gasteiger partial charge in [-0.05, 0) is 30.7 Å². The van der Waals surface area contributed by atoms with E-state index in [1.807, 2.05) is 42.6 Å². The monoisotopic (exact) mass is 313 g/mol. The highest BCUT2D eigenvalue weighted by Crippen LogP contribution is 2.35. The number of rotatable bonds is 3. The lowest BCUT2D eigenvalue weighted by Gasteiger charge is -2.10. The molecule has 0 saturated carbocycles. The number of aldehydes is 1. The number of aromatic nitrogens is 3. The molecule has 24 heavy (non-hydrogen) atoms. The maximum absolute atomic E-state index is 11.7. The van der Waals surface area contributed by atoms with Crippen molar-refractivity contribution in [2.75, 3.05) is 0 Å². The fourth-order valence-corrected chi connectivity index (χ4v) is 3.01. The van der Waals surface area contributed by atoms with Crippen molar-refractivity contribution in [3.8, 4) is 22.4 Å². The Hall–Kier alpha value is -3.27. The zero-order chi connectivity index (χ0) is 16.5. The van der Waals surface area contributed by atoms with E-state index in [2.05, 4.69) is 27.9 Å². The van der Waals surface area contributed by atoms with Crippen LogP contribution in [0.3, 0.4) is 0 Å². The second kappa shape index (κ2) is 5.74. The van der Waals surface area contributed by atoms with Crippen LogP contribution in [-0.4, -0.2) is 21.2 Å². The highest BCUT2D eigenvalue weighted by Gasteiger charge is 2.16. The minimum absolute atomic E-state index is 0.632. The van der Waals surface area contributed by atoms with E-state index in [1.165, 1.54) is 0 Å². The second-order valence-corrected chi connectivity index (χ2v) is 5.72. The Labute approximate surface area is 139 Å². The molecule has 0 aliphatic carbocycles. The topological polar surface area (TPSA) is 58.6 Å². The number of benzene rings is 1. The van der Waals surface area contributed by atoms with E-state index in [-0.39, 0.29) is 0 Å². The minimum atomic E-state index is 0.632. The lowest BCUT2D eigenvalue weighted by Crippen LogP contribution is -1.91. The summed E-state index contributed by atoms with van der Waals surface area (Å²) in [6.07, 6.45) is 6.19. The first-order valence-corrected chi connectivity index (χ1v) is 7.71. The van der Waals surface area contributed by atoms with Crippen LogP contribution in [0, 0.1) is 6.92 Å². The van der Waals surface area contributed by atoms with Crippen molar-refractivity contribution in [2.24, 2.45) is 0 Å². The van der Waals surface area contributed by atoms with Gasteiger partial charge < -0.3 is 4.98 Å². The molecule has 0 unspecified atom stereocenters. The van der Waals surface area contributed by atoms with Crippen LogP contribution >= 0.6 is 0 Å². The molecule has 4 heteroatoms. The van der Waals surface area contributed by atoms with E-state index in [4.69, 9.17) is 0 Å². The standard InChI is InChI=1S/C20H15N3O/c1-13-6-7-15(17(10-13)14-4-2-8-21-11-14)19-18(12-24)16-5-3-9-22-20(16)23-19/h2-12H,1H3,(H,22,23). The molecule has 4 rings (SSSR count). The fourth-order valence-electron chi connectivity index (χ4n) is 3.01. The molecule has 4 aromatic rings. The maximum atomic E-state index is 11.7. The van der Waals surface area contributed by atoms with Gasteiger partial charge in [0.05, 0.1) is 5.69 Å². The van der Waals surface area contributed by atoms with Crippen LogP contribution in [0.25, 0.3) is 33.4 Å². The van der Waals surface area contributed by atoms with Gasteiger partial charge in [-0.2, -0.15) is 0 Å². The maximum Gasteiger partial charge on any atom is 0.152 e. The molecule has 0 fully saturated rings. The average Bonchev–Trinajstić information content (AvgIpc) is 3.00. The van der Waals surface area contributed by atoms with Crippen LogP contribution in [0.1, 0.15) is 15.9 Å². The summed E-state index contributed by atoms with van der Waals surface area (Å²) in [5.74, 6) is 0. The Morgan fingerprint density at radius 2 is 1.92 bits per heavy atom. The summed E-state index contributed by atoms with van der Waals surface area (Å²) >= 11 is 0. The molecule has 3 aromatic heterocycles. The predicted octanol–water partition coefficient (Wildman–Crippen LogP) is 4.41. The molecule has 0 saturated heterocycles. The van der Waals surface area contributed by atoms with E-state index in [1.54, 1.807) is 12.4 Å². The number of pyridine rings is 2. The summed E-state index contributed by atoms with van der Waals surface area (Å²) in [6, 6.07) is 13.9. The average molecular weight is 313 g/mol. The van der Waals surface area contributed by atoms with Gasteiger partial charge in [0.1, 0.15) is 5.65 Å². The second-order valence-electron chi connectivity index (χ2n) is 5.72.